The molecule has 0 spiro atoms. The van der Waals surface area contributed by atoms with Gasteiger partial charge in [-0.15, -0.1) is 11.3 Å². The van der Waals surface area contributed by atoms with Crippen molar-refractivity contribution in [2.45, 2.75) is 50.5 Å². The smallest absolute Gasteiger partial charge is 0.315 e. The van der Waals surface area contributed by atoms with Crippen molar-refractivity contribution in [2.75, 3.05) is 6.54 Å². The highest BCUT2D eigenvalue weighted by atomic mass is 79.9. The number of carbonyl (C=O) groups excluding carboxylic acids is 3. The normalized spacial score (nSPS) is 30.0. The summed E-state index contributed by atoms with van der Waals surface area (Å²) in [5.41, 5.74) is 4.71. The molecule has 4 bridgehead atoms. The second-order valence-corrected chi connectivity index (χ2v) is 10.9. The zero-order valence-electron chi connectivity index (χ0n) is 15.6. The van der Waals surface area contributed by atoms with Gasteiger partial charge in [-0.2, -0.15) is 0 Å². The van der Waals surface area contributed by atoms with E-state index in [1.807, 2.05) is 0 Å². The van der Waals surface area contributed by atoms with Crippen LogP contribution in [0.2, 0.25) is 0 Å². The third-order valence-electron chi connectivity index (χ3n) is 6.17. The van der Waals surface area contributed by atoms with E-state index < -0.39 is 0 Å². The number of urea groups is 1. The molecule has 4 amide bonds. The van der Waals surface area contributed by atoms with E-state index in [0.717, 1.165) is 40.8 Å². The Balaban J connectivity index is 1.15. The number of halogens is 1. The van der Waals surface area contributed by atoms with E-state index in [1.54, 1.807) is 12.1 Å². The molecule has 1 aromatic heterocycles. The third kappa shape index (κ3) is 4.51. The lowest BCUT2D eigenvalue weighted by atomic mass is 9.53. The van der Waals surface area contributed by atoms with Crippen LogP contribution in [-0.4, -0.2) is 29.9 Å². The summed E-state index contributed by atoms with van der Waals surface area (Å²) in [4.78, 5) is 36.6. The first kappa shape index (κ1) is 19.7. The lowest BCUT2D eigenvalue weighted by molar-refractivity contribution is -0.121. The number of thiophene rings is 1. The fourth-order valence-electron chi connectivity index (χ4n) is 5.53. The van der Waals surface area contributed by atoms with E-state index in [4.69, 9.17) is 0 Å². The van der Waals surface area contributed by atoms with Crippen LogP contribution in [0.3, 0.4) is 0 Å². The Morgan fingerprint density at radius 2 is 1.68 bits per heavy atom. The molecule has 1 aromatic rings. The molecule has 0 saturated heterocycles. The zero-order chi connectivity index (χ0) is 19.7. The SMILES string of the molecule is O=C(CCNC(=O)NC12CC3CC(CC(C3)C1)C2)NNC(=O)c1ccc(Br)s1. The lowest BCUT2D eigenvalue weighted by Crippen LogP contribution is -2.61. The number of amides is 4. The van der Waals surface area contributed by atoms with Crippen LogP contribution in [-0.2, 0) is 4.79 Å². The van der Waals surface area contributed by atoms with Crippen LogP contribution in [0.4, 0.5) is 4.79 Å². The van der Waals surface area contributed by atoms with Crippen molar-refractivity contribution in [3.8, 4) is 0 Å². The molecular formula is C19H25BrN4O3S. The van der Waals surface area contributed by atoms with Crippen LogP contribution in [0.5, 0.6) is 0 Å². The van der Waals surface area contributed by atoms with Crippen molar-refractivity contribution < 1.29 is 14.4 Å². The molecule has 0 unspecified atom stereocenters. The van der Waals surface area contributed by atoms with Crippen LogP contribution in [0.1, 0.15) is 54.6 Å². The molecule has 28 heavy (non-hydrogen) atoms. The van der Waals surface area contributed by atoms with E-state index in [0.29, 0.717) is 4.88 Å². The maximum absolute atomic E-state index is 12.3. The quantitative estimate of drug-likeness (QED) is 0.499. The van der Waals surface area contributed by atoms with Gasteiger partial charge < -0.3 is 10.6 Å². The van der Waals surface area contributed by atoms with Gasteiger partial charge in [0.2, 0.25) is 5.91 Å². The highest BCUT2D eigenvalue weighted by molar-refractivity contribution is 9.11. The standard InChI is InChI=1S/C19H25BrN4O3S/c20-15-2-1-14(28-15)17(26)24-23-16(25)3-4-21-18(27)22-19-8-11-5-12(9-19)7-13(6-11)10-19/h1-2,11-13H,3-10H2,(H,23,25)(H,24,26)(H2,21,22,27). The summed E-state index contributed by atoms with van der Waals surface area (Å²) in [5, 5.41) is 6.00. The Labute approximate surface area is 176 Å². The lowest BCUT2D eigenvalue weighted by Gasteiger charge is -2.56. The van der Waals surface area contributed by atoms with E-state index in [2.05, 4.69) is 37.4 Å². The highest BCUT2D eigenvalue weighted by Gasteiger charge is 2.51. The molecule has 5 rings (SSSR count). The summed E-state index contributed by atoms with van der Waals surface area (Å²) >= 11 is 4.57. The van der Waals surface area contributed by atoms with Crippen LogP contribution < -0.4 is 21.5 Å². The minimum Gasteiger partial charge on any atom is -0.338 e. The van der Waals surface area contributed by atoms with E-state index in [9.17, 15) is 14.4 Å². The number of carbonyl (C=O) groups is 3. The number of rotatable bonds is 5. The van der Waals surface area contributed by atoms with Gasteiger partial charge in [0, 0.05) is 18.5 Å². The van der Waals surface area contributed by atoms with Crippen molar-refractivity contribution in [3.63, 3.8) is 0 Å². The van der Waals surface area contributed by atoms with Crippen molar-refractivity contribution in [2.24, 2.45) is 17.8 Å². The van der Waals surface area contributed by atoms with Gasteiger partial charge in [-0.1, -0.05) is 0 Å². The van der Waals surface area contributed by atoms with E-state index in [1.165, 1.54) is 30.6 Å². The molecule has 0 aromatic carbocycles. The van der Waals surface area contributed by atoms with Crippen molar-refractivity contribution in [1.29, 1.82) is 0 Å². The van der Waals surface area contributed by atoms with Gasteiger partial charge in [-0.05, 0) is 84.3 Å². The Bertz CT molecular complexity index is 746. The number of nitrogens with one attached hydrogen (secondary N) is 4. The Morgan fingerprint density at radius 1 is 1.04 bits per heavy atom. The average Bonchev–Trinajstić information content (AvgIpc) is 3.04. The minimum atomic E-state index is -0.364. The summed E-state index contributed by atoms with van der Waals surface area (Å²) < 4.78 is 0.846. The van der Waals surface area contributed by atoms with Crippen LogP contribution in [0.15, 0.2) is 15.9 Å². The Hall–Kier alpha value is -1.61. The van der Waals surface area contributed by atoms with Gasteiger partial charge in [-0.3, -0.25) is 20.4 Å². The summed E-state index contributed by atoms with van der Waals surface area (Å²) in [7, 11) is 0. The van der Waals surface area contributed by atoms with Gasteiger partial charge in [0.05, 0.1) is 8.66 Å². The average molecular weight is 469 g/mol. The summed E-state index contributed by atoms with van der Waals surface area (Å²) in [6.45, 7) is 0.227. The second kappa shape index (κ2) is 8.02. The molecule has 152 valence electrons. The van der Waals surface area contributed by atoms with Crippen LogP contribution >= 0.6 is 27.3 Å². The fourth-order valence-corrected chi connectivity index (χ4v) is 6.81. The van der Waals surface area contributed by atoms with Gasteiger partial charge >= 0.3 is 6.03 Å². The summed E-state index contributed by atoms with van der Waals surface area (Å²) in [5.74, 6) is 1.59. The molecule has 4 aliphatic carbocycles. The van der Waals surface area contributed by atoms with Crippen molar-refractivity contribution >= 4 is 45.1 Å². The van der Waals surface area contributed by atoms with Gasteiger partial charge in [0.15, 0.2) is 0 Å². The van der Waals surface area contributed by atoms with Crippen LogP contribution in [0.25, 0.3) is 0 Å². The molecule has 7 nitrogen and oxygen atoms in total. The highest BCUT2D eigenvalue weighted by Crippen LogP contribution is 2.55. The van der Waals surface area contributed by atoms with Gasteiger partial charge in [0.1, 0.15) is 0 Å². The predicted molar refractivity (Wildman–Crippen MR) is 110 cm³/mol. The molecular weight excluding hydrogens is 444 g/mol. The molecule has 4 aliphatic rings. The van der Waals surface area contributed by atoms with Crippen molar-refractivity contribution in [1.82, 2.24) is 21.5 Å². The third-order valence-corrected chi connectivity index (χ3v) is 7.79. The molecule has 0 aliphatic heterocycles. The van der Waals surface area contributed by atoms with Gasteiger partial charge in [0.25, 0.3) is 5.91 Å². The molecule has 4 N–H and O–H groups in total. The van der Waals surface area contributed by atoms with E-state index >= 15 is 0 Å². The second-order valence-electron chi connectivity index (χ2n) is 8.43. The molecule has 4 saturated carbocycles. The molecule has 0 radical (unpaired) electrons. The molecule has 9 heteroatoms. The van der Waals surface area contributed by atoms with E-state index in [-0.39, 0.29) is 36.3 Å². The Kier molecular flexibility index (Phi) is 5.64. The molecule has 0 atom stereocenters. The number of hydrogen-bond donors (Lipinski definition) is 4. The minimum absolute atomic E-state index is 0.0377. The first-order valence-electron chi connectivity index (χ1n) is 9.81. The van der Waals surface area contributed by atoms with Gasteiger partial charge in [-0.25, -0.2) is 4.79 Å². The van der Waals surface area contributed by atoms with Crippen molar-refractivity contribution in [3.05, 3.63) is 20.8 Å². The molecule has 1 heterocycles. The number of hydrazine groups is 1. The largest absolute Gasteiger partial charge is 0.338 e. The monoisotopic (exact) mass is 468 g/mol. The first-order valence-corrected chi connectivity index (χ1v) is 11.4. The maximum atomic E-state index is 12.3. The maximum Gasteiger partial charge on any atom is 0.315 e. The first-order chi connectivity index (χ1) is 13.4. The summed E-state index contributed by atoms with van der Waals surface area (Å²) in [6, 6.07) is 3.25. The fraction of sp³-hybridized carbons (Fsp3) is 0.632. The zero-order valence-corrected chi connectivity index (χ0v) is 18.0. The number of hydrogen-bond acceptors (Lipinski definition) is 4. The topological polar surface area (TPSA) is 99.3 Å². The predicted octanol–water partition coefficient (Wildman–Crippen LogP) is 2.93. The van der Waals surface area contributed by atoms with Crippen LogP contribution in [0, 0.1) is 17.8 Å². The summed E-state index contributed by atoms with van der Waals surface area (Å²) in [6.07, 6.45) is 7.38. The molecule has 4 fully saturated rings. The Morgan fingerprint density at radius 3 is 2.25 bits per heavy atom.